The van der Waals surface area contributed by atoms with Gasteiger partial charge in [-0.1, -0.05) is 30.3 Å². The van der Waals surface area contributed by atoms with Crippen molar-refractivity contribution in [1.29, 1.82) is 5.41 Å². The maximum absolute atomic E-state index is 13.4. The standard InChI is InChI=1S/C28H32FN7OS/c1-20-14-26(32-24-10-8-23(29)9-11-24)22(16-30)15-25(20)27-19-36(38(37)28-17-31-34(2)33-28)13-12-35(27)18-21-6-4-3-5-7-21/h3-11,14-16,27,30-32H,12-13,17-19H2,1-2H3. The summed E-state index contributed by atoms with van der Waals surface area (Å²) in [4.78, 5) is 2.42. The molecule has 1 fully saturated rings. The van der Waals surface area contributed by atoms with Gasteiger partial charge in [0.1, 0.15) is 16.8 Å². The zero-order valence-corrected chi connectivity index (χ0v) is 22.3. The van der Waals surface area contributed by atoms with E-state index in [-0.39, 0.29) is 11.9 Å². The van der Waals surface area contributed by atoms with Crippen molar-refractivity contribution < 1.29 is 8.60 Å². The van der Waals surface area contributed by atoms with E-state index in [9.17, 15) is 8.60 Å². The lowest BCUT2D eigenvalue weighted by atomic mass is 9.94. The molecular formula is C28H32FN7OS. The molecule has 5 rings (SSSR count). The fraction of sp³-hybridized carbons (Fsp3) is 0.286. The van der Waals surface area contributed by atoms with Crippen LogP contribution in [-0.2, 0) is 17.5 Å². The topological polar surface area (TPSA) is 87.1 Å². The normalized spacial score (nSPS) is 19.3. The summed E-state index contributed by atoms with van der Waals surface area (Å²) in [6, 6.07) is 20.6. The summed E-state index contributed by atoms with van der Waals surface area (Å²) in [5.41, 5.74) is 8.72. The molecule has 0 bridgehead atoms. The Balaban J connectivity index is 1.46. The van der Waals surface area contributed by atoms with Gasteiger partial charge in [-0.3, -0.25) is 4.90 Å². The van der Waals surface area contributed by atoms with Crippen LogP contribution in [0.5, 0.6) is 0 Å². The molecule has 2 aliphatic rings. The molecule has 0 saturated carbocycles. The minimum absolute atomic E-state index is 0.0285. The van der Waals surface area contributed by atoms with E-state index in [1.807, 2.05) is 34.6 Å². The second-order valence-electron chi connectivity index (χ2n) is 9.53. The highest BCUT2D eigenvalue weighted by molar-refractivity contribution is 7.98. The Morgan fingerprint density at radius 3 is 2.61 bits per heavy atom. The number of hydrogen-bond acceptors (Lipinski definition) is 7. The Bertz CT molecular complexity index is 1350. The molecule has 3 aromatic rings. The second-order valence-corrected chi connectivity index (χ2v) is 11.0. The van der Waals surface area contributed by atoms with Crippen molar-refractivity contribution in [2.45, 2.75) is 19.5 Å². The first-order chi connectivity index (χ1) is 18.4. The van der Waals surface area contributed by atoms with E-state index in [1.165, 1.54) is 23.9 Å². The van der Waals surface area contributed by atoms with Gasteiger partial charge in [-0.05, 0) is 60.0 Å². The minimum atomic E-state index is -1.34. The summed E-state index contributed by atoms with van der Waals surface area (Å²) in [7, 11) is 0.460. The van der Waals surface area contributed by atoms with Crippen molar-refractivity contribution in [3.63, 3.8) is 0 Å². The first-order valence-electron chi connectivity index (χ1n) is 12.6. The third-order valence-electron chi connectivity index (χ3n) is 6.92. The highest BCUT2D eigenvalue weighted by Crippen LogP contribution is 2.34. The van der Waals surface area contributed by atoms with Crippen LogP contribution in [0.15, 0.2) is 71.8 Å². The van der Waals surface area contributed by atoms with Gasteiger partial charge in [0, 0.05) is 62.4 Å². The number of hydrogen-bond donors (Lipinski definition) is 3. The van der Waals surface area contributed by atoms with Gasteiger partial charge in [-0.2, -0.15) is 5.10 Å². The average Bonchev–Trinajstić information content (AvgIpc) is 3.37. The molecule has 1 saturated heterocycles. The number of nitrogens with one attached hydrogen (secondary N) is 3. The van der Waals surface area contributed by atoms with Crippen molar-refractivity contribution in [2.24, 2.45) is 5.10 Å². The van der Waals surface area contributed by atoms with E-state index < -0.39 is 11.0 Å². The van der Waals surface area contributed by atoms with Crippen LogP contribution in [0.1, 0.15) is 28.3 Å². The fourth-order valence-electron chi connectivity index (χ4n) is 4.93. The van der Waals surface area contributed by atoms with Gasteiger partial charge in [-0.25, -0.2) is 23.4 Å². The summed E-state index contributed by atoms with van der Waals surface area (Å²) in [5, 5.41) is 18.0. The Morgan fingerprint density at radius 2 is 1.92 bits per heavy atom. The zero-order chi connectivity index (χ0) is 26.6. The number of aryl methyl sites for hydroxylation is 1. The number of halogens is 1. The molecule has 38 heavy (non-hydrogen) atoms. The molecule has 0 amide bonds. The predicted molar refractivity (Wildman–Crippen MR) is 151 cm³/mol. The molecule has 2 atom stereocenters. The molecule has 0 spiro atoms. The quantitative estimate of drug-likeness (QED) is 0.397. The first kappa shape index (κ1) is 26.2. The lowest BCUT2D eigenvalue weighted by molar-refractivity contribution is 0.114. The Kier molecular flexibility index (Phi) is 7.94. The van der Waals surface area contributed by atoms with Crippen LogP contribution in [0.3, 0.4) is 0 Å². The smallest absolute Gasteiger partial charge is 0.157 e. The minimum Gasteiger partial charge on any atom is -0.355 e. The highest BCUT2D eigenvalue weighted by atomic mass is 32.2. The van der Waals surface area contributed by atoms with Crippen molar-refractivity contribution in [3.8, 4) is 0 Å². The van der Waals surface area contributed by atoms with Gasteiger partial charge in [-0.15, -0.1) is 0 Å². The number of nitrogens with zero attached hydrogens (tertiary/aromatic N) is 4. The van der Waals surface area contributed by atoms with E-state index in [1.54, 1.807) is 24.3 Å². The van der Waals surface area contributed by atoms with Crippen LogP contribution in [0.25, 0.3) is 0 Å². The largest absolute Gasteiger partial charge is 0.355 e. The van der Waals surface area contributed by atoms with Gasteiger partial charge in [0.05, 0.1) is 6.54 Å². The third-order valence-corrected chi connectivity index (χ3v) is 8.34. The number of anilines is 2. The molecule has 8 nitrogen and oxygen atoms in total. The van der Waals surface area contributed by atoms with Crippen LogP contribution < -0.4 is 10.7 Å². The molecule has 0 aromatic heterocycles. The van der Waals surface area contributed by atoms with E-state index >= 15 is 0 Å². The number of rotatable bonds is 7. The second kappa shape index (κ2) is 11.5. The van der Waals surface area contributed by atoms with Crippen molar-refractivity contribution in [2.75, 3.05) is 38.5 Å². The summed E-state index contributed by atoms with van der Waals surface area (Å²) in [6.07, 6.45) is 1.34. The summed E-state index contributed by atoms with van der Waals surface area (Å²) in [5.74, 6) is -0.293. The first-order valence-corrected chi connectivity index (χ1v) is 13.7. The van der Waals surface area contributed by atoms with Crippen LogP contribution in [0.4, 0.5) is 15.8 Å². The van der Waals surface area contributed by atoms with Gasteiger partial charge >= 0.3 is 0 Å². The molecule has 10 heteroatoms. The van der Waals surface area contributed by atoms with Gasteiger partial charge in [0.25, 0.3) is 0 Å². The highest BCUT2D eigenvalue weighted by Gasteiger charge is 2.34. The Morgan fingerprint density at radius 1 is 1.16 bits per heavy atom. The molecule has 0 aliphatic carbocycles. The summed E-state index contributed by atoms with van der Waals surface area (Å²) >= 11 is 0. The van der Waals surface area contributed by atoms with E-state index in [0.717, 1.165) is 41.2 Å². The third kappa shape index (κ3) is 5.83. The van der Waals surface area contributed by atoms with E-state index in [2.05, 4.69) is 39.8 Å². The molecular weight excluding hydrogens is 501 g/mol. The molecule has 0 radical (unpaired) electrons. The molecule has 3 N–H and O–H groups in total. The average molecular weight is 534 g/mol. The van der Waals surface area contributed by atoms with Crippen molar-refractivity contribution in [3.05, 3.63) is 94.8 Å². The predicted octanol–water partition coefficient (Wildman–Crippen LogP) is 4.16. The summed E-state index contributed by atoms with van der Waals surface area (Å²) < 4.78 is 28.8. The maximum Gasteiger partial charge on any atom is 0.157 e. The molecule has 198 valence electrons. The number of hydrazone groups is 1. The molecule has 2 unspecified atom stereocenters. The van der Waals surface area contributed by atoms with Crippen LogP contribution in [0, 0.1) is 18.2 Å². The maximum atomic E-state index is 13.4. The Labute approximate surface area is 225 Å². The van der Waals surface area contributed by atoms with E-state index in [0.29, 0.717) is 24.7 Å². The fourth-order valence-corrected chi connectivity index (χ4v) is 6.13. The number of hydrazine groups is 1. The van der Waals surface area contributed by atoms with Gasteiger partial charge in [0.15, 0.2) is 5.04 Å². The molecule has 2 heterocycles. The van der Waals surface area contributed by atoms with Crippen molar-refractivity contribution >= 4 is 33.6 Å². The molecule has 2 aliphatic heterocycles. The number of benzene rings is 3. The van der Waals surface area contributed by atoms with Crippen LogP contribution >= 0.6 is 0 Å². The zero-order valence-electron chi connectivity index (χ0n) is 21.5. The summed E-state index contributed by atoms with van der Waals surface area (Å²) in [6.45, 7) is 5.29. The Hall–Kier alpha value is -3.44. The van der Waals surface area contributed by atoms with Crippen LogP contribution in [-0.4, -0.2) is 63.0 Å². The van der Waals surface area contributed by atoms with Crippen LogP contribution in [0.2, 0.25) is 0 Å². The van der Waals surface area contributed by atoms with Gasteiger partial charge in [0.2, 0.25) is 0 Å². The van der Waals surface area contributed by atoms with Gasteiger partial charge < -0.3 is 10.7 Å². The molecule has 3 aromatic carbocycles. The number of piperazine rings is 1. The monoisotopic (exact) mass is 533 g/mol. The van der Waals surface area contributed by atoms with Crippen molar-refractivity contribution in [1.82, 2.24) is 19.7 Å². The SMILES string of the molecule is Cc1cc(Nc2ccc(F)cc2)c(C=N)cc1C1CN(S(=O)C2=NN(C)NC2)CCN1Cc1ccccc1. The van der Waals surface area contributed by atoms with E-state index in [4.69, 9.17) is 5.41 Å². The lowest BCUT2D eigenvalue weighted by Crippen LogP contribution is -2.50. The lowest BCUT2D eigenvalue weighted by Gasteiger charge is -2.41.